The van der Waals surface area contributed by atoms with E-state index in [2.05, 4.69) is 16.5 Å². The van der Waals surface area contributed by atoms with Crippen LogP contribution in [0, 0.1) is 0 Å². The minimum absolute atomic E-state index is 0.220. The highest BCUT2D eigenvalue weighted by atomic mass is 19.4. The number of rotatable bonds is 3. The van der Waals surface area contributed by atoms with E-state index >= 15 is 0 Å². The number of pyridine rings is 2. The molecule has 1 fully saturated rings. The van der Waals surface area contributed by atoms with Gasteiger partial charge in [-0.3, -0.25) is 9.97 Å². The summed E-state index contributed by atoms with van der Waals surface area (Å²) in [6, 6.07) is 7.04. The Morgan fingerprint density at radius 3 is 2.43 bits per heavy atom. The van der Waals surface area contributed by atoms with Crippen molar-refractivity contribution in [2.24, 2.45) is 0 Å². The molecule has 0 unspecified atom stereocenters. The summed E-state index contributed by atoms with van der Waals surface area (Å²) in [5.41, 5.74) is -0.170. The molecular formula is C17H15F3N2O. The Hall–Kier alpha value is -2.21. The molecule has 3 nitrogen and oxygen atoms in total. The van der Waals surface area contributed by atoms with Gasteiger partial charge in [-0.2, -0.15) is 13.2 Å². The number of hydrogen-bond acceptors (Lipinski definition) is 3. The Labute approximate surface area is 131 Å². The summed E-state index contributed by atoms with van der Waals surface area (Å²) in [7, 11) is 0. The average Bonchev–Trinajstić information content (AvgIpc) is 2.51. The molecule has 0 aliphatic heterocycles. The molecule has 6 heteroatoms. The van der Waals surface area contributed by atoms with Gasteiger partial charge in [0, 0.05) is 12.4 Å². The van der Waals surface area contributed by atoms with Gasteiger partial charge in [0.1, 0.15) is 6.10 Å². The van der Waals surface area contributed by atoms with Gasteiger partial charge in [-0.25, -0.2) is 0 Å². The van der Waals surface area contributed by atoms with Gasteiger partial charge in [0.25, 0.3) is 0 Å². The zero-order valence-electron chi connectivity index (χ0n) is 12.2. The van der Waals surface area contributed by atoms with Crippen LogP contribution >= 0.6 is 0 Å². The number of aliphatic hydroxyl groups excluding tert-OH is 1. The lowest BCUT2D eigenvalue weighted by atomic mass is 9.59. The van der Waals surface area contributed by atoms with E-state index in [0.717, 1.165) is 23.9 Å². The topological polar surface area (TPSA) is 46.0 Å². The van der Waals surface area contributed by atoms with Crippen molar-refractivity contribution in [3.8, 4) is 0 Å². The second kappa shape index (κ2) is 5.45. The Balaban J connectivity index is 2.04. The monoisotopic (exact) mass is 320 g/mol. The highest BCUT2D eigenvalue weighted by Gasteiger charge is 2.50. The third-order valence-corrected chi connectivity index (χ3v) is 4.22. The summed E-state index contributed by atoms with van der Waals surface area (Å²) < 4.78 is 38.9. The van der Waals surface area contributed by atoms with Crippen molar-refractivity contribution >= 4 is 0 Å². The van der Waals surface area contributed by atoms with Crippen LogP contribution in [0.15, 0.2) is 54.9 Å². The van der Waals surface area contributed by atoms with Crippen LogP contribution in [-0.4, -0.2) is 15.1 Å². The molecule has 0 aromatic carbocycles. The molecule has 1 saturated carbocycles. The van der Waals surface area contributed by atoms with Gasteiger partial charge in [0.2, 0.25) is 0 Å². The Kier molecular flexibility index (Phi) is 3.72. The Morgan fingerprint density at radius 2 is 1.87 bits per heavy atom. The second-order valence-corrected chi connectivity index (χ2v) is 5.84. The fourth-order valence-electron chi connectivity index (χ4n) is 3.05. The van der Waals surface area contributed by atoms with E-state index in [0.29, 0.717) is 18.5 Å². The van der Waals surface area contributed by atoms with Gasteiger partial charge in [-0.1, -0.05) is 18.2 Å². The van der Waals surface area contributed by atoms with Crippen LogP contribution in [0.2, 0.25) is 0 Å². The maximum absolute atomic E-state index is 13.0. The van der Waals surface area contributed by atoms with Crippen molar-refractivity contribution in [3.63, 3.8) is 0 Å². The lowest BCUT2D eigenvalue weighted by Gasteiger charge is -2.46. The fraction of sp³-hybridized carbons (Fsp3) is 0.294. The first-order valence-corrected chi connectivity index (χ1v) is 7.12. The number of hydrogen-bond donors (Lipinski definition) is 1. The van der Waals surface area contributed by atoms with Crippen LogP contribution in [0.5, 0.6) is 0 Å². The molecule has 23 heavy (non-hydrogen) atoms. The first-order chi connectivity index (χ1) is 10.8. The minimum atomic E-state index is -4.45. The van der Waals surface area contributed by atoms with Gasteiger partial charge in [-0.05, 0) is 37.1 Å². The SMILES string of the molecule is C=C1CC(c2cc(C(F)(F)F)ccn2)([C@@H](O)c2ccccn2)C1. The average molecular weight is 320 g/mol. The van der Waals surface area contributed by atoms with E-state index in [1.165, 1.54) is 0 Å². The Morgan fingerprint density at radius 1 is 1.13 bits per heavy atom. The summed E-state index contributed by atoms with van der Waals surface area (Å²) in [4.78, 5) is 8.22. The quantitative estimate of drug-likeness (QED) is 0.875. The lowest BCUT2D eigenvalue weighted by Crippen LogP contribution is -2.43. The van der Waals surface area contributed by atoms with Crippen LogP contribution < -0.4 is 0 Å². The highest BCUT2D eigenvalue weighted by molar-refractivity contribution is 5.37. The van der Waals surface area contributed by atoms with Crippen LogP contribution in [0.4, 0.5) is 13.2 Å². The van der Waals surface area contributed by atoms with Gasteiger partial charge >= 0.3 is 6.18 Å². The molecule has 0 bridgehead atoms. The van der Waals surface area contributed by atoms with E-state index < -0.39 is 23.3 Å². The largest absolute Gasteiger partial charge is 0.416 e. The van der Waals surface area contributed by atoms with E-state index in [-0.39, 0.29) is 5.69 Å². The molecule has 2 aromatic heterocycles. The van der Waals surface area contributed by atoms with Crippen LogP contribution in [-0.2, 0) is 11.6 Å². The first kappa shape index (κ1) is 15.7. The highest BCUT2D eigenvalue weighted by Crippen LogP contribution is 2.53. The standard InChI is InChI=1S/C17H15F3N2O/c1-11-9-16(10-11,15(23)13-4-2-3-6-21-13)14-8-12(5-7-22-14)17(18,19)20/h2-8,15,23H,1,9-10H2/t15-/m0/s1. The molecule has 1 atom stereocenters. The number of aromatic nitrogens is 2. The summed E-state index contributed by atoms with van der Waals surface area (Å²) in [5, 5.41) is 10.7. The van der Waals surface area contributed by atoms with Crippen LogP contribution in [0.1, 0.15) is 35.9 Å². The van der Waals surface area contributed by atoms with E-state index in [9.17, 15) is 18.3 Å². The predicted molar refractivity (Wildman–Crippen MR) is 78.5 cm³/mol. The van der Waals surface area contributed by atoms with E-state index in [4.69, 9.17) is 0 Å². The number of alkyl halides is 3. The molecule has 0 spiro atoms. The van der Waals surface area contributed by atoms with Crippen LogP contribution in [0.25, 0.3) is 0 Å². The predicted octanol–water partition coefficient (Wildman–Crippen LogP) is 3.82. The molecule has 0 amide bonds. The smallest absolute Gasteiger partial charge is 0.386 e. The second-order valence-electron chi connectivity index (χ2n) is 5.84. The maximum Gasteiger partial charge on any atom is 0.416 e. The normalized spacial score (nSPS) is 18.3. The Bertz CT molecular complexity index is 720. The van der Waals surface area contributed by atoms with E-state index in [1.54, 1.807) is 24.4 Å². The number of nitrogens with zero attached hydrogens (tertiary/aromatic N) is 2. The molecule has 3 rings (SSSR count). The summed E-state index contributed by atoms with van der Waals surface area (Å²) in [6.45, 7) is 3.85. The van der Waals surface area contributed by atoms with Gasteiger partial charge in [-0.15, -0.1) is 0 Å². The number of allylic oxidation sites excluding steroid dienone is 1. The molecule has 2 aromatic rings. The van der Waals surface area contributed by atoms with Crippen molar-refractivity contribution < 1.29 is 18.3 Å². The molecular weight excluding hydrogens is 305 g/mol. The van der Waals surface area contributed by atoms with Crippen molar-refractivity contribution in [1.29, 1.82) is 0 Å². The van der Waals surface area contributed by atoms with Gasteiger partial charge < -0.3 is 5.11 Å². The number of halogens is 3. The molecule has 120 valence electrons. The molecule has 1 aliphatic rings. The van der Waals surface area contributed by atoms with E-state index in [1.807, 2.05) is 0 Å². The summed E-state index contributed by atoms with van der Waals surface area (Å²) in [5.74, 6) is 0. The van der Waals surface area contributed by atoms with Crippen molar-refractivity contribution in [2.75, 3.05) is 0 Å². The van der Waals surface area contributed by atoms with Crippen molar-refractivity contribution in [1.82, 2.24) is 9.97 Å². The molecule has 1 N–H and O–H groups in total. The van der Waals surface area contributed by atoms with Gasteiger partial charge in [0.05, 0.1) is 22.4 Å². The molecule has 2 heterocycles. The minimum Gasteiger partial charge on any atom is -0.386 e. The third-order valence-electron chi connectivity index (χ3n) is 4.22. The molecule has 0 radical (unpaired) electrons. The number of aliphatic hydroxyl groups is 1. The van der Waals surface area contributed by atoms with Crippen LogP contribution in [0.3, 0.4) is 0 Å². The summed E-state index contributed by atoms with van der Waals surface area (Å²) >= 11 is 0. The van der Waals surface area contributed by atoms with Gasteiger partial charge in [0.15, 0.2) is 0 Å². The maximum atomic E-state index is 13.0. The van der Waals surface area contributed by atoms with Crippen molar-refractivity contribution in [3.05, 3.63) is 71.8 Å². The lowest BCUT2D eigenvalue weighted by molar-refractivity contribution is -0.137. The zero-order chi connectivity index (χ0) is 16.7. The third kappa shape index (κ3) is 2.74. The molecule has 0 saturated heterocycles. The fourth-order valence-corrected chi connectivity index (χ4v) is 3.05. The zero-order valence-corrected chi connectivity index (χ0v) is 12.2. The molecule has 1 aliphatic carbocycles. The van der Waals surface area contributed by atoms with Crippen molar-refractivity contribution in [2.45, 2.75) is 30.5 Å². The first-order valence-electron chi connectivity index (χ1n) is 7.12. The summed E-state index contributed by atoms with van der Waals surface area (Å²) in [6.07, 6.45) is -2.04.